The second kappa shape index (κ2) is 10.3. The van der Waals surface area contributed by atoms with E-state index in [0.717, 1.165) is 51.4 Å². The SMILES string of the molecule is O=C(COc1ccc(N2CCCC2=O)cc1)N1CCN(C/C=C/c2ccccc2)CC1. The molecule has 0 saturated carbocycles. The van der Waals surface area contributed by atoms with Crippen LogP contribution in [0.25, 0.3) is 6.08 Å². The van der Waals surface area contributed by atoms with Crippen molar-refractivity contribution in [2.45, 2.75) is 12.8 Å². The van der Waals surface area contributed by atoms with Crippen molar-refractivity contribution >= 4 is 23.6 Å². The van der Waals surface area contributed by atoms with Crippen LogP contribution in [0.3, 0.4) is 0 Å². The van der Waals surface area contributed by atoms with Crippen molar-refractivity contribution < 1.29 is 14.3 Å². The molecule has 4 rings (SSSR count). The standard InChI is InChI=1S/C25H29N3O3/c29-24-9-5-15-28(24)22-10-12-23(13-11-22)31-20-25(30)27-18-16-26(17-19-27)14-4-8-21-6-2-1-3-7-21/h1-4,6-8,10-13H,5,9,14-20H2/b8-4+. The molecule has 162 valence electrons. The van der Waals surface area contributed by atoms with Crippen LogP contribution in [0, 0.1) is 0 Å². The molecule has 2 saturated heterocycles. The van der Waals surface area contributed by atoms with Gasteiger partial charge in [0.15, 0.2) is 6.61 Å². The molecule has 2 fully saturated rings. The van der Waals surface area contributed by atoms with Gasteiger partial charge in [-0.1, -0.05) is 42.5 Å². The smallest absolute Gasteiger partial charge is 0.260 e. The van der Waals surface area contributed by atoms with Crippen molar-refractivity contribution in [2.24, 2.45) is 0 Å². The minimum Gasteiger partial charge on any atom is -0.484 e. The van der Waals surface area contributed by atoms with E-state index in [1.807, 2.05) is 47.4 Å². The fourth-order valence-corrected chi connectivity index (χ4v) is 3.96. The minimum atomic E-state index is 0.0123. The minimum absolute atomic E-state index is 0.0123. The Hall–Kier alpha value is -3.12. The predicted molar refractivity (Wildman–Crippen MR) is 122 cm³/mol. The van der Waals surface area contributed by atoms with Gasteiger partial charge in [0, 0.05) is 51.4 Å². The number of amides is 2. The monoisotopic (exact) mass is 419 g/mol. The number of ether oxygens (including phenoxy) is 1. The summed E-state index contributed by atoms with van der Waals surface area (Å²) in [6.07, 6.45) is 5.83. The summed E-state index contributed by atoms with van der Waals surface area (Å²) < 4.78 is 5.69. The summed E-state index contributed by atoms with van der Waals surface area (Å²) in [4.78, 5) is 30.4. The number of benzene rings is 2. The van der Waals surface area contributed by atoms with Crippen LogP contribution in [-0.2, 0) is 9.59 Å². The van der Waals surface area contributed by atoms with Crippen LogP contribution in [-0.4, -0.2) is 67.5 Å². The predicted octanol–water partition coefficient (Wildman–Crippen LogP) is 3.05. The quantitative estimate of drug-likeness (QED) is 0.692. The normalized spacial score (nSPS) is 17.5. The first-order chi connectivity index (χ1) is 15.2. The molecule has 2 aliphatic rings. The van der Waals surface area contributed by atoms with Crippen LogP contribution in [0.4, 0.5) is 5.69 Å². The molecule has 0 N–H and O–H groups in total. The van der Waals surface area contributed by atoms with E-state index in [1.165, 1.54) is 5.56 Å². The third kappa shape index (κ3) is 5.73. The fraction of sp³-hybridized carbons (Fsp3) is 0.360. The zero-order valence-electron chi connectivity index (χ0n) is 17.8. The Morgan fingerprint density at radius 3 is 2.35 bits per heavy atom. The maximum atomic E-state index is 12.5. The van der Waals surface area contributed by atoms with Crippen molar-refractivity contribution in [1.29, 1.82) is 0 Å². The molecule has 2 heterocycles. The van der Waals surface area contributed by atoms with Crippen LogP contribution in [0.2, 0.25) is 0 Å². The average Bonchev–Trinajstić information content (AvgIpc) is 3.25. The lowest BCUT2D eigenvalue weighted by molar-refractivity contribution is -0.135. The first kappa shape index (κ1) is 21.1. The number of nitrogens with zero attached hydrogens (tertiary/aromatic N) is 3. The number of piperazine rings is 1. The van der Waals surface area contributed by atoms with E-state index in [9.17, 15) is 9.59 Å². The highest BCUT2D eigenvalue weighted by Crippen LogP contribution is 2.24. The molecule has 0 aromatic heterocycles. The van der Waals surface area contributed by atoms with Crippen LogP contribution in [0.5, 0.6) is 5.75 Å². The first-order valence-corrected chi connectivity index (χ1v) is 10.9. The second-order valence-electron chi connectivity index (χ2n) is 7.93. The van der Waals surface area contributed by atoms with Crippen molar-refractivity contribution in [1.82, 2.24) is 9.80 Å². The fourth-order valence-electron chi connectivity index (χ4n) is 3.96. The number of rotatable bonds is 7. The molecule has 2 aromatic carbocycles. The van der Waals surface area contributed by atoms with Crippen molar-refractivity contribution in [3.05, 3.63) is 66.2 Å². The Labute approximate surface area is 183 Å². The molecule has 0 radical (unpaired) electrons. The van der Waals surface area contributed by atoms with Crippen molar-refractivity contribution in [3.63, 3.8) is 0 Å². The van der Waals surface area contributed by atoms with Gasteiger partial charge in [0.2, 0.25) is 5.91 Å². The van der Waals surface area contributed by atoms with Crippen LogP contribution in [0.15, 0.2) is 60.7 Å². The molecule has 2 aliphatic heterocycles. The molecule has 0 atom stereocenters. The molecule has 0 spiro atoms. The lowest BCUT2D eigenvalue weighted by Gasteiger charge is -2.34. The van der Waals surface area contributed by atoms with Gasteiger partial charge in [-0.15, -0.1) is 0 Å². The van der Waals surface area contributed by atoms with Gasteiger partial charge >= 0.3 is 0 Å². The summed E-state index contributed by atoms with van der Waals surface area (Å²) in [6, 6.07) is 17.7. The van der Waals surface area contributed by atoms with E-state index in [-0.39, 0.29) is 18.4 Å². The van der Waals surface area contributed by atoms with Crippen LogP contribution >= 0.6 is 0 Å². The molecule has 2 aromatic rings. The molecule has 6 nitrogen and oxygen atoms in total. The van der Waals surface area contributed by atoms with E-state index in [0.29, 0.717) is 12.2 Å². The molecular formula is C25H29N3O3. The Bertz CT molecular complexity index is 903. The van der Waals surface area contributed by atoms with Gasteiger partial charge in [-0.25, -0.2) is 0 Å². The molecule has 2 amide bonds. The highest BCUT2D eigenvalue weighted by molar-refractivity contribution is 5.95. The molecule has 31 heavy (non-hydrogen) atoms. The number of hydrogen-bond donors (Lipinski definition) is 0. The number of hydrogen-bond acceptors (Lipinski definition) is 4. The number of carbonyl (C=O) groups is 2. The zero-order chi connectivity index (χ0) is 21.5. The Morgan fingerprint density at radius 2 is 1.68 bits per heavy atom. The molecule has 6 heteroatoms. The first-order valence-electron chi connectivity index (χ1n) is 10.9. The summed E-state index contributed by atoms with van der Waals surface area (Å²) in [5.74, 6) is 0.824. The van der Waals surface area contributed by atoms with Gasteiger partial charge in [-0.2, -0.15) is 0 Å². The van der Waals surface area contributed by atoms with Gasteiger partial charge in [-0.3, -0.25) is 14.5 Å². The van der Waals surface area contributed by atoms with Gasteiger partial charge in [0.05, 0.1) is 0 Å². The largest absolute Gasteiger partial charge is 0.484 e. The van der Waals surface area contributed by atoms with Gasteiger partial charge in [0.25, 0.3) is 5.91 Å². The van der Waals surface area contributed by atoms with Gasteiger partial charge in [0.1, 0.15) is 5.75 Å². The second-order valence-corrected chi connectivity index (χ2v) is 7.93. The summed E-state index contributed by atoms with van der Waals surface area (Å²) in [7, 11) is 0. The third-order valence-corrected chi connectivity index (χ3v) is 5.78. The number of carbonyl (C=O) groups excluding carboxylic acids is 2. The molecule has 0 unspecified atom stereocenters. The summed E-state index contributed by atoms with van der Waals surface area (Å²) in [6.45, 7) is 4.86. The third-order valence-electron chi connectivity index (χ3n) is 5.78. The van der Waals surface area contributed by atoms with E-state index in [1.54, 1.807) is 4.90 Å². The highest BCUT2D eigenvalue weighted by atomic mass is 16.5. The molecular weight excluding hydrogens is 390 g/mol. The Balaban J connectivity index is 1.18. The topological polar surface area (TPSA) is 53.1 Å². The van der Waals surface area contributed by atoms with E-state index >= 15 is 0 Å². The van der Waals surface area contributed by atoms with Gasteiger partial charge < -0.3 is 14.5 Å². The van der Waals surface area contributed by atoms with Crippen LogP contribution < -0.4 is 9.64 Å². The average molecular weight is 420 g/mol. The zero-order valence-corrected chi connectivity index (χ0v) is 17.8. The molecule has 0 bridgehead atoms. The summed E-state index contributed by atoms with van der Waals surface area (Å²) in [5.41, 5.74) is 2.09. The van der Waals surface area contributed by atoms with Crippen molar-refractivity contribution in [3.8, 4) is 5.75 Å². The maximum absolute atomic E-state index is 12.5. The van der Waals surface area contributed by atoms with E-state index < -0.39 is 0 Å². The van der Waals surface area contributed by atoms with Crippen LogP contribution in [0.1, 0.15) is 18.4 Å². The molecule has 0 aliphatic carbocycles. The maximum Gasteiger partial charge on any atom is 0.260 e. The summed E-state index contributed by atoms with van der Waals surface area (Å²) in [5, 5.41) is 0. The Kier molecular flexibility index (Phi) is 6.99. The lowest BCUT2D eigenvalue weighted by atomic mass is 10.2. The lowest BCUT2D eigenvalue weighted by Crippen LogP contribution is -2.49. The van der Waals surface area contributed by atoms with E-state index in [4.69, 9.17) is 4.74 Å². The summed E-state index contributed by atoms with van der Waals surface area (Å²) >= 11 is 0. The van der Waals surface area contributed by atoms with Gasteiger partial charge in [-0.05, 0) is 36.2 Å². The Morgan fingerprint density at radius 1 is 0.935 bits per heavy atom. The van der Waals surface area contributed by atoms with E-state index in [2.05, 4.69) is 29.2 Å². The number of anilines is 1. The highest BCUT2D eigenvalue weighted by Gasteiger charge is 2.22. The van der Waals surface area contributed by atoms with Crippen molar-refractivity contribution in [2.75, 3.05) is 50.8 Å².